The molecule has 0 spiro atoms. The first-order chi connectivity index (χ1) is 13.7. The zero-order valence-corrected chi connectivity index (χ0v) is 16.7. The lowest BCUT2D eigenvalue weighted by Gasteiger charge is -2.33. The molecule has 28 heavy (non-hydrogen) atoms. The molecule has 2 N–H and O–H groups in total. The zero-order valence-electron chi connectivity index (χ0n) is 16.7. The fraction of sp³-hybridized carbons (Fsp3) is 0.571. The Morgan fingerprint density at radius 3 is 2.86 bits per heavy atom. The van der Waals surface area contributed by atoms with Gasteiger partial charge in [-0.15, -0.1) is 0 Å². The van der Waals surface area contributed by atoms with Gasteiger partial charge in [-0.05, 0) is 37.5 Å². The summed E-state index contributed by atoms with van der Waals surface area (Å²) in [5.74, 6) is 0.579. The number of fused-ring (bicyclic) bond motifs is 1. The smallest absolute Gasteiger partial charge is 0.251 e. The Kier molecular flexibility index (Phi) is 5.90. The van der Waals surface area contributed by atoms with Gasteiger partial charge in [-0.1, -0.05) is 19.3 Å². The highest BCUT2D eigenvalue weighted by atomic mass is 16.1. The maximum absolute atomic E-state index is 12.4. The maximum Gasteiger partial charge on any atom is 0.251 e. The van der Waals surface area contributed by atoms with Crippen LogP contribution in [0.5, 0.6) is 0 Å². The van der Waals surface area contributed by atoms with Crippen LogP contribution in [0.1, 0.15) is 60.3 Å². The maximum atomic E-state index is 12.4. The number of nitrogens with zero attached hydrogens (tertiary/aromatic N) is 4. The van der Waals surface area contributed by atoms with E-state index in [4.69, 9.17) is 5.10 Å². The number of nitrogens with one attached hydrogen (secondary N) is 2. The van der Waals surface area contributed by atoms with Gasteiger partial charge in [0.15, 0.2) is 0 Å². The van der Waals surface area contributed by atoms with Crippen molar-refractivity contribution in [2.75, 3.05) is 18.9 Å². The number of hydrogen-bond acceptors (Lipinski definition) is 5. The number of hydrogen-bond donors (Lipinski definition) is 2. The van der Waals surface area contributed by atoms with E-state index in [0.717, 1.165) is 37.8 Å². The molecule has 0 aromatic carbocycles. The van der Waals surface area contributed by atoms with E-state index in [9.17, 15) is 4.79 Å². The van der Waals surface area contributed by atoms with Gasteiger partial charge in [0.25, 0.3) is 5.91 Å². The molecule has 7 heteroatoms. The predicted octanol–water partition coefficient (Wildman–Crippen LogP) is 2.79. The second-order valence-electron chi connectivity index (χ2n) is 7.83. The Bertz CT molecular complexity index is 811. The lowest BCUT2D eigenvalue weighted by molar-refractivity contribution is 0.0950. The molecule has 4 rings (SSSR count). The first kappa shape index (κ1) is 18.9. The SMILES string of the molecule is CNc1cc(C(=O)NCc2cc3n(n2)CCCN(C2CCCCC2)C3)ccn1. The molecule has 2 aliphatic rings. The molecule has 1 aliphatic carbocycles. The molecule has 0 radical (unpaired) electrons. The van der Waals surface area contributed by atoms with Gasteiger partial charge in [0.05, 0.1) is 17.9 Å². The molecule has 0 bridgehead atoms. The second kappa shape index (κ2) is 8.73. The van der Waals surface area contributed by atoms with Crippen LogP contribution in [0.2, 0.25) is 0 Å². The first-order valence-corrected chi connectivity index (χ1v) is 10.4. The standard InChI is InChI=1S/C21H30N6O/c1-22-20-12-16(8-9-23-20)21(28)24-14-17-13-19-15-26(10-5-11-27(19)25-17)18-6-3-2-4-7-18/h8-9,12-13,18H,2-7,10-11,14-15H2,1H3,(H,22,23)(H,24,28). The minimum Gasteiger partial charge on any atom is -0.373 e. The summed E-state index contributed by atoms with van der Waals surface area (Å²) in [6.07, 6.45) is 9.55. The molecule has 0 unspecified atom stereocenters. The Morgan fingerprint density at radius 2 is 2.04 bits per heavy atom. The van der Waals surface area contributed by atoms with Crippen LogP contribution in [-0.2, 0) is 19.6 Å². The molecule has 0 atom stereocenters. The summed E-state index contributed by atoms with van der Waals surface area (Å²) in [7, 11) is 1.79. The molecule has 1 amide bonds. The highest BCUT2D eigenvalue weighted by molar-refractivity contribution is 5.94. The van der Waals surface area contributed by atoms with Gasteiger partial charge in [0.1, 0.15) is 5.82 Å². The number of aromatic nitrogens is 3. The van der Waals surface area contributed by atoms with Crippen molar-refractivity contribution in [2.24, 2.45) is 0 Å². The van der Waals surface area contributed by atoms with E-state index < -0.39 is 0 Å². The van der Waals surface area contributed by atoms with Crippen LogP contribution in [0.4, 0.5) is 5.82 Å². The normalized spacial score (nSPS) is 18.3. The van der Waals surface area contributed by atoms with Gasteiger partial charge in [-0.3, -0.25) is 14.4 Å². The van der Waals surface area contributed by atoms with E-state index >= 15 is 0 Å². The molecule has 2 aromatic rings. The average Bonchev–Trinajstić information content (AvgIpc) is 3.02. The van der Waals surface area contributed by atoms with Crippen molar-refractivity contribution >= 4 is 11.7 Å². The van der Waals surface area contributed by atoms with Crippen LogP contribution in [0.3, 0.4) is 0 Å². The van der Waals surface area contributed by atoms with E-state index in [1.165, 1.54) is 37.8 Å². The summed E-state index contributed by atoms with van der Waals surface area (Å²) >= 11 is 0. The third-order valence-corrected chi connectivity index (χ3v) is 5.89. The summed E-state index contributed by atoms with van der Waals surface area (Å²) in [4.78, 5) is 19.2. The quantitative estimate of drug-likeness (QED) is 0.832. The Hall–Kier alpha value is -2.41. The molecule has 2 aromatic heterocycles. The zero-order chi connectivity index (χ0) is 19.3. The number of rotatable bonds is 5. The van der Waals surface area contributed by atoms with Gasteiger partial charge >= 0.3 is 0 Å². The van der Waals surface area contributed by atoms with Crippen molar-refractivity contribution in [3.05, 3.63) is 41.3 Å². The number of pyridine rings is 1. The average molecular weight is 383 g/mol. The van der Waals surface area contributed by atoms with E-state index in [0.29, 0.717) is 17.9 Å². The summed E-state index contributed by atoms with van der Waals surface area (Å²) < 4.78 is 2.13. The molecule has 3 heterocycles. The van der Waals surface area contributed by atoms with Crippen molar-refractivity contribution in [2.45, 2.75) is 64.2 Å². The van der Waals surface area contributed by atoms with Gasteiger partial charge in [0.2, 0.25) is 0 Å². The minimum atomic E-state index is -0.106. The Morgan fingerprint density at radius 1 is 1.18 bits per heavy atom. The van der Waals surface area contributed by atoms with Gasteiger partial charge in [-0.2, -0.15) is 5.10 Å². The lowest BCUT2D eigenvalue weighted by Crippen LogP contribution is -2.36. The summed E-state index contributed by atoms with van der Waals surface area (Å²) in [6.45, 7) is 3.54. The molecule has 1 saturated carbocycles. The molecule has 7 nitrogen and oxygen atoms in total. The van der Waals surface area contributed by atoms with E-state index in [-0.39, 0.29) is 5.91 Å². The molecule has 1 aliphatic heterocycles. The molecular weight excluding hydrogens is 352 g/mol. The monoisotopic (exact) mass is 382 g/mol. The Balaban J connectivity index is 1.38. The summed E-state index contributed by atoms with van der Waals surface area (Å²) in [6, 6.07) is 6.36. The van der Waals surface area contributed by atoms with Gasteiger partial charge in [-0.25, -0.2) is 4.98 Å². The van der Waals surface area contributed by atoms with E-state index in [1.807, 2.05) is 0 Å². The van der Waals surface area contributed by atoms with Crippen molar-refractivity contribution < 1.29 is 4.79 Å². The van der Waals surface area contributed by atoms with E-state index in [2.05, 4.69) is 31.3 Å². The van der Waals surface area contributed by atoms with Gasteiger partial charge < -0.3 is 10.6 Å². The van der Waals surface area contributed by atoms with Crippen molar-refractivity contribution in [1.82, 2.24) is 25.0 Å². The van der Waals surface area contributed by atoms with Gasteiger partial charge in [0, 0.05) is 44.5 Å². The summed E-state index contributed by atoms with van der Waals surface area (Å²) in [5, 5.41) is 10.7. The minimum absolute atomic E-state index is 0.106. The van der Waals surface area contributed by atoms with Crippen molar-refractivity contribution in [1.29, 1.82) is 0 Å². The van der Waals surface area contributed by atoms with E-state index in [1.54, 1.807) is 25.4 Å². The highest BCUT2D eigenvalue weighted by Crippen LogP contribution is 2.26. The van der Waals surface area contributed by atoms with Crippen LogP contribution >= 0.6 is 0 Å². The molecule has 1 fully saturated rings. The second-order valence-corrected chi connectivity index (χ2v) is 7.83. The largest absolute Gasteiger partial charge is 0.373 e. The van der Waals surface area contributed by atoms with Crippen LogP contribution < -0.4 is 10.6 Å². The number of carbonyl (C=O) groups excluding carboxylic acids is 1. The fourth-order valence-electron chi connectivity index (χ4n) is 4.37. The number of aryl methyl sites for hydroxylation is 1. The number of carbonyl (C=O) groups is 1. The molecular formula is C21H30N6O. The lowest BCUT2D eigenvalue weighted by atomic mass is 9.94. The third kappa shape index (κ3) is 4.35. The Labute approximate surface area is 166 Å². The molecule has 0 saturated heterocycles. The van der Waals surface area contributed by atoms with Crippen LogP contribution in [-0.4, -0.2) is 45.2 Å². The number of anilines is 1. The highest BCUT2D eigenvalue weighted by Gasteiger charge is 2.24. The third-order valence-electron chi connectivity index (χ3n) is 5.89. The molecule has 150 valence electrons. The fourth-order valence-corrected chi connectivity index (χ4v) is 4.37. The predicted molar refractivity (Wildman–Crippen MR) is 109 cm³/mol. The van der Waals surface area contributed by atoms with Crippen LogP contribution in [0.15, 0.2) is 24.4 Å². The van der Waals surface area contributed by atoms with Crippen molar-refractivity contribution in [3.8, 4) is 0 Å². The first-order valence-electron chi connectivity index (χ1n) is 10.4. The van der Waals surface area contributed by atoms with Crippen LogP contribution in [0, 0.1) is 0 Å². The number of amides is 1. The summed E-state index contributed by atoms with van der Waals surface area (Å²) in [5.41, 5.74) is 2.80. The van der Waals surface area contributed by atoms with Crippen molar-refractivity contribution in [3.63, 3.8) is 0 Å². The topological polar surface area (TPSA) is 75.1 Å². The van der Waals surface area contributed by atoms with Crippen LogP contribution in [0.25, 0.3) is 0 Å².